The van der Waals surface area contributed by atoms with Gasteiger partial charge in [0.05, 0.1) is 12.8 Å². The van der Waals surface area contributed by atoms with Crippen LogP contribution in [0.3, 0.4) is 0 Å². The largest absolute Gasteiger partial charge is 0.491 e. The number of para-hydroxylation sites is 2. The Hall–Kier alpha value is -4.49. The molecule has 0 spiro atoms. The van der Waals surface area contributed by atoms with E-state index in [1.807, 2.05) is 36.4 Å². The first-order valence-electron chi connectivity index (χ1n) is 11.3. The maximum absolute atomic E-state index is 12.0. The number of fused-ring (bicyclic) bond motifs is 3. The van der Waals surface area contributed by atoms with Crippen LogP contribution in [0.4, 0.5) is 0 Å². The minimum Gasteiger partial charge on any atom is -0.491 e. The number of nitrogens with one attached hydrogen (secondary N) is 1. The van der Waals surface area contributed by atoms with E-state index in [2.05, 4.69) is 44.3 Å². The van der Waals surface area contributed by atoms with Gasteiger partial charge in [0, 0.05) is 39.8 Å². The molecule has 3 aromatic carbocycles. The van der Waals surface area contributed by atoms with E-state index in [4.69, 9.17) is 4.74 Å². The van der Waals surface area contributed by atoms with Crippen LogP contribution in [0, 0.1) is 0 Å². The van der Waals surface area contributed by atoms with Gasteiger partial charge >= 0.3 is 0 Å². The van der Waals surface area contributed by atoms with E-state index < -0.39 is 6.10 Å². The van der Waals surface area contributed by atoms with Gasteiger partial charge in [0.25, 0.3) is 5.91 Å². The Balaban J connectivity index is 1.18. The predicted molar refractivity (Wildman–Crippen MR) is 137 cm³/mol. The summed E-state index contributed by atoms with van der Waals surface area (Å²) < 4.78 is 7.95. The van der Waals surface area contributed by atoms with Gasteiger partial charge in [-0.05, 0) is 54.1 Å². The van der Waals surface area contributed by atoms with Gasteiger partial charge in [0.1, 0.15) is 18.5 Å². The highest BCUT2D eigenvalue weighted by Crippen LogP contribution is 2.28. The second kappa shape index (κ2) is 10.2. The average Bonchev–Trinajstić information content (AvgIpc) is 3.22. The number of hydrogen-bond acceptors (Lipinski definition) is 5. The first kappa shape index (κ1) is 22.3. The van der Waals surface area contributed by atoms with Crippen molar-refractivity contribution in [1.82, 2.24) is 15.0 Å². The van der Waals surface area contributed by atoms with Gasteiger partial charge in [0.2, 0.25) is 0 Å². The number of ether oxygens (including phenoxy) is 1. The molecule has 0 aliphatic rings. The molecule has 5 aromatic rings. The molecule has 1 amide bonds. The number of aliphatic hydroxyl groups excluding tert-OH is 1. The fraction of sp³-hybridized carbons (Fsp3) is 0.107. The Labute approximate surface area is 202 Å². The summed E-state index contributed by atoms with van der Waals surface area (Å²) in [6.07, 6.45) is 3.98. The first-order chi connectivity index (χ1) is 17.2. The molecule has 0 radical (unpaired) electrons. The summed E-state index contributed by atoms with van der Waals surface area (Å²) in [6, 6.07) is 26.9. The van der Waals surface area contributed by atoms with Crippen molar-refractivity contribution in [1.29, 1.82) is 0 Å². The number of amides is 1. The third-order valence-electron chi connectivity index (χ3n) is 5.72. The van der Waals surface area contributed by atoms with Gasteiger partial charge in [-0.3, -0.25) is 9.78 Å². The van der Waals surface area contributed by atoms with E-state index in [9.17, 15) is 9.90 Å². The number of hydrazone groups is 1. The van der Waals surface area contributed by atoms with Crippen molar-refractivity contribution in [2.45, 2.75) is 12.6 Å². The van der Waals surface area contributed by atoms with Crippen LogP contribution >= 0.6 is 0 Å². The highest BCUT2D eigenvalue weighted by atomic mass is 16.5. The SMILES string of the molecule is O=C(N/N=C\c1ccc(OC[C@@H](O)Cn2c3ccccc3c3ccccc32)cc1)c1ccncc1. The minimum absolute atomic E-state index is 0.163. The van der Waals surface area contributed by atoms with Crippen molar-refractivity contribution in [3.05, 3.63) is 108 Å². The van der Waals surface area contributed by atoms with Crippen LogP contribution in [0.2, 0.25) is 0 Å². The lowest BCUT2D eigenvalue weighted by Gasteiger charge is -2.15. The summed E-state index contributed by atoms with van der Waals surface area (Å²) in [5.74, 6) is 0.338. The van der Waals surface area contributed by atoms with E-state index >= 15 is 0 Å². The Kier molecular flexibility index (Phi) is 6.50. The molecule has 35 heavy (non-hydrogen) atoms. The number of aliphatic hydroxyl groups is 1. The van der Waals surface area contributed by atoms with Crippen molar-refractivity contribution in [3.63, 3.8) is 0 Å². The van der Waals surface area contributed by atoms with E-state index in [0.717, 1.165) is 16.6 Å². The van der Waals surface area contributed by atoms with Crippen LogP contribution in [0.1, 0.15) is 15.9 Å². The molecule has 7 heteroatoms. The fourth-order valence-electron chi connectivity index (χ4n) is 4.04. The molecule has 0 bridgehead atoms. The number of hydrogen-bond donors (Lipinski definition) is 2. The van der Waals surface area contributed by atoms with Gasteiger partial charge < -0.3 is 14.4 Å². The monoisotopic (exact) mass is 464 g/mol. The number of aromatic nitrogens is 2. The second-order valence-electron chi connectivity index (χ2n) is 8.11. The third kappa shape index (κ3) is 5.05. The Bertz CT molecular complexity index is 1420. The van der Waals surface area contributed by atoms with E-state index in [1.54, 1.807) is 42.9 Å². The molecule has 0 fully saturated rings. The molecule has 174 valence electrons. The van der Waals surface area contributed by atoms with Crippen molar-refractivity contribution in [2.75, 3.05) is 6.61 Å². The standard InChI is InChI=1S/C28H24N4O3/c33-22(18-32-26-7-3-1-5-24(26)25-6-2-4-8-27(25)32)19-35-23-11-9-20(10-12-23)17-30-31-28(34)21-13-15-29-16-14-21/h1-17,22,33H,18-19H2,(H,31,34)/b30-17-/t22-/m0/s1. The fourth-order valence-corrected chi connectivity index (χ4v) is 4.04. The van der Waals surface area contributed by atoms with Crippen LogP contribution in [0.15, 0.2) is 102 Å². The quantitative estimate of drug-likeness (QED) is 0.263. The molecule has 0 aliphatic heterocycles. The van der Waals surface area contributed by atoms with Crippen LogP contribution in [0.25, 0.3) is 21.8 Å². The molecular weight excluding hydrogens is 440 g/mol. The lowest BCUT2D eigenvalue weighted by molar-refractivity contribution is 0.0944. The maximum Gasteiger partial charge on any atom is 0.271 e. The normalized spacial score (nSPS) is 12.3. The van der Waals surface area contributed by atoms with Crippen LogP contribution in [-0.4, -0.2) is 39.5 Å². The van der Waals surface area contributed by atoms with Crippen LogP contribution in [-0.2, 0) is 6.54 Å². The summed E-state index contributed by atoms with van der Waals surface area (Å²) in [4.78, 5) is 15.9. The molecule has 2 aromatic heterocycles. The molecule has 0 saturated heterocycles. The summed E-state index contributed by atoms with van der Waals surface area (Å²) in [7, 11) is 0. The number of carbonyl (C=O) groups is 1. The first-order valence-corrected chi connectivity index (χ1v) is 11.3. The molecule has 2 N–H and O–H groups in total. The van der Waals surface area contributed by atoms with Crippen LogP contribution < -0.4 is 10.2 Å². The number of carbonyl (C=O) groups excluding carboxylic acids is 1. The molecule has 0 unspecified atom stereocenters. The molecule has 0 aliphatic carbocycles. The molecule has 2 heterocycles. The summed E-state index contributed by atoms with van der Waals surface area (Å²) in [5, 5.41) is 17.0. The zero-order chi connectivity index (χ0) is 24.0. The van der Waals surface area contributed by atoms with E-state index in [0.29, 0.717) is 17.9 Å². The zero-order valence-electron chi connectivity index (χ0n) is 18.9. The van der Waals surface area contributed by atoms with Crippen molar-refractivity contribution in [2.24, 2.45) is 5.10 Å². The highest BCUT2D eigenvalue weighted by Gasteiger charge is 2.14. The van der Waals surface area contributed by atoms with Gasteiger partial charge in [-0.25, -0.2) is 5.43 Å². The van der Waals surface area contributed by atoms with E-state index in [-0.39, 0.29) is 12.5 Å². The van der Waals surface area contributed by atoms with Crippen molar-refractivity contribution < 1.29 is 14.6 Å². The summed E-state index contributed by atoms with van der Waals surface area (Å²) in [6.45, 7) is 0.589. The lowest BCUT2D eigenvalue weighted by Crippen LogP contribution is -2.23. The molecule has 0 saturated carbocycles. The Morgan fingerprint density at radius 1 is 0.943 bits per heavy atom. The second-order valence-corrected chi connectivity index (χ2v) is 8.11. The third-order valence-corrected chi connectivity index (χ3v) is 5.72. The number of rotatable bonds is 8. The van der Waals surface area contributed by atoms with Crippen LogP contribution in [0.5, 0.6) is 5.75 Å². The van der Waals surface area contributed by atoms with Gasteiger partial charge in [-0.1, -0.05) is 36.4 Å². The number of benzene rings is 3. The number of nitrogens with zero attached hydrogens (tertiary/aromatic N) is 3. The lowest BCUT2D eigenvalue weighted by atomic mass is 10.2. The average molecular weight is 465 g/mol. The summed E-state index contributed by atoms with van der Waals surface area (Å²) >= 11 is 0. The van der Waals surface area contributed by atoms with E-state index in [1.165, 1.54) is 10.8 Å². The van der Waals surface area contributed by atoms with Crippen molar-refractivity contribution >= 4 is 33.9 Å². The minimum atomic E-state index is -0.682. The van der Waals surface area contributed by atoms with Crippen molar-refractivity contribution in [3.8, 4) is 5.75 Å². The molecule has 7 nitrogen and oxygen atoms in total. The highest BCUT2D eigenvalue weighted by molar-refractivity contribution is 6.07. The number of pyridine rings is 1. The maximum atomic E-state index is 12.0. The topological polar surface area (TPSA) is 88.7 Å². The summed E-state index contributed by atoms with van der Waals surface area (Å²) in [5.41, 5.74) is 5.96. The Morgan fingerprint density at radius 3 is 2.23 bits per heavy atom. The molecular formula is C28H24N4O3. The Morgan fingerprint density at radius 2 is 1.57 bits per heavy atom. The van der Waals surface area contributed by atoms with Gasteiger partial charge in [-0.2, -0.15) is 5.10 Å². The molecule has 5 rings (SSSR count). The molecule has 1 atom stereocenters. The smallest absolute Gasteiger partial charge is 0.271 e. The van der Waals surface area contributed by atoms with Gasteiger partial charge in [0.15, 0.2) is 0 Å². The predicted octanol–water partition coefficient (Wildman–Crippen LogP) is 4.39. The zero-order valence-corrected chi connectivity index (χ0v) is 18.9. The van der Waals surface area contributed by atoms with Gasteiger partial charge in [-0.15, -0.1) is 0 Å².